The highest BCUT2D eigenvalue weighted by Gasteiger charge is 2.07. The third-order valence-electron chi connectivity index (χ3n) is 3.07. The van der Waals surface area contributed by atoms with E-state index in [0.717, 1.165) is 36.3 Å². The molecular formula is C16H22O2. The first kappa shape index (κ1) is 14.6. The van der Waals surface area contributed by atoms with Crippen LogP contribution in [0, 0.1) is 24.7 Å². The lowest BCUT2D eigenvalue weighted by Gasteiger charge is -2.15. The largest absolute Gasteiger partial charge is 0.492 e. The van der Waals surface area contributed by atoms with Crippen LogP contribution in [0.15, 0.2) is 18.2 Å². The molecule has 0 spiro atoms. The number of rotatable bonds is 5. The zero-order valence-corrected chi connectivity index (χ0v) is 11.5. The Bertz CT molecular complexity index is 422. The summed E-state index contributed by atoms with van der Waals surface area (Å²) < 4.78 is 5.85. The molecule has 0 aliphatic heterocycles. The molecule has 1 rings (SSSR count). The third-order valence-corrected chi connectivity index (χ3v) is 3.07. The number of ether oxygens (including phenoxy) is 1. The Kier molecular flexibility index (Phi) is 6.32. The van der Waals surface area contributed by atoms with E-state index >= 15 is 0 Å². The number of aryl methyl sites for hydroxylation is 1. The second-order valence-corrected chi connectivity index (χ2v) is 4.45. The van der Waals surface area contributed by atoms with Gasteiger partial charge in [-0.3, -0.25) is 0 Å². The summed E-state index contributed by atoms with van der Waals surface area (Å²) in [6, 6.07) is 5.97. The quantitative estimate of drug-likeness (QED) is 0.809. The van der Waals surface area contributed by atoms with Crippen LogP contribution < -0.4 is 4.74 Å². The molecule has 0 fully saturated rings. The number of benzene rings is 1. The van der Waals surface area contributed by atoms with Crippen molar-refractivity contribution in [1.82, 2.24) is 0 Å². The van der Waals surface area contributed by atoms with Crippen LogP contribution in [0.5, 0.6) is 5.75 Å². The first-order valence-corrected chi connectivity index (χ1v) is 6.54. The molecule has 98 valence electrons. The molecular weight excluding hydrogens is 224 g/mol. The van der Waals surface area contributed by atoms with Gasteiger partial charge in [0.1, 0.15) is 12.4 Å². The Balaban J connectivity index is 2.81. The highest BCUT2D eigenvalue weighted by molar-refractivity contribution is 5.48. The van der Waals surface area contributed by atoms with Crippen molar-refractivity contribution in [1.29, 1.82) is 0 Å². The Labute approximate surface area is 110 Å². The maximum atomic E-state index is 8.77. The van der Waals surface area contributed by atoms with Crippen molar-refractivity contribution in [2.75, 3.05) is 13.2 Å². The molecule has 1 N–H and O–H groups in total. The summed E-state index contributed by atoms with van der Waals surface area (Å²) in [6.45, 7) is 6.98. The standard InChI is InChI=1S/C16H22O2/c1-4-14(5-2)12-18-16-9-8-13(3)11-15(16)7-6-10-17/h8-9,11,14,17H,4-5,10,12H2,1-3H3. The first-order chi connectivity index (χ1) is 8.71. The van der Waals surface area contributed by atoms with Gasteiger partial charge in [-0.05, 0) is 30.5 Å². The molecule has 1 aromatic carbocycles. The lowest BCUT2D eigenvalue weighted by molar-refractivity contribution is 0.240. The van der Waals surface area contributed by atoms with Crippen molar-refractivity contribution in [2.45, 2.75) is 33.6 Å². The summed E-state index contributed by atoms with van der Waals surface area (Å²) in [4.78, 5) is 0. The number of aliphatic hydroxyl groups is 1. The SMILES string of the molecule is CCC(CC)COc1ccc(C)cc1C#CCO. The fraction of sp³-hybridized carbons (Fsp3) is 0.500. The van der Waals surface area contributed by atoms with E-state index < -0.39 is 0 Å². The summed E-state index contributed by atoms with van der Waals surface area (Å²) in [7, 11) is 0. The summed E-state index contributed by atoms with van der Waals surface area (Å²) in [5.41, 5.74) is 2.00. The van der Waals surface area contributed by atoms with E-state index in [1.54, 1.807) is 0 Å². The van der Waals surface area contributed by atoms with Crippen LogP contribution in [0.2, 0.25) is 0 Å². The normalized spacial score (nSPS) is 10.1. The fourth-order valence-electron chi connectivity index (χ4n) is 1.73. The van der Waals surface area contributed by atoms with Crippen LogP contribution in [0.25, 0.3) is 0 Å². The van der Waals surface area contributed by atoms with Crippen molar-refractivity contribution in [3.05, 3.63) is 29.3 Å². The van der Waals surface area contributed by atoms with E-state index in [2.05, 4.69) is 25.7 Å². The summed E-state index contributed by atoms with van der Waals surface area (Å²) in [6.07, 6.45) is 2.25. The number of hydrogen-bond donors (Lipinski definition) is 1. The zero-order chi connectivity index (χ0) is 13.4. The molecule has 1 aromatic rings. The predicted molar refractivity (Wildman–Crippen MR) is 74.7 cm³/mol. The zero-order valence-electron chi connectivity index (χ0n) is 11.5. The van der Waals surface area contributed by atoms with Gasteiger partial charge in [0, 0.05) is 0 Å². The monoisotopic (exact) mass is 246 g/mol. The molecule has 0 unspecified atom stereocenters. The second-order valence-electron chi connectivity index (χ2n) is 4.45. The average Bonchev–Trinajstić information content (AvgIpc) is 2.39. The summed E-state index contributed by atoms with van der Waals surface area (Å²) in [5.74, 6) is 7.01. The van der Waals surface area contributed by atoms with Crippen LogP contribution in [0.3, 0.4) is 0 Å². The molecule has 0 heterocycles. The van der Waals surface area contributed by atoms with Crippen molar-refractivity contribution >= 4 is 0 Å². The highest BCUT2D eigenvalue weighted by Crippen LogP contribution is 2.20. The van der Waals surface area contributed by atoms with Gasteiger partial charge in [-0.15, -0.1) is 0 Å². The number of aliphatic hydroxyl groups excluding tert-OH is 1. The molecule has 0 atom stereocenters. The lowest BCUT2D eigenvalue weighted by atomic mass is 10.1. The van der Waals surface area contributed by atoms with Gasteiger partial charge in [-0.25, -0.2) is 0 Å². The third kappa shape index (κ3) is 4.43. The van der Waals surface area contributed by atoms with Crippen LogP contribution in [0.4, 0.5) is 0 Å². The van der Waals surface area contributed by atoms with Crippen LogP contribution in [-0.2, 0) is 0 Å². The van der Waals surface area contributed by atoms with Crippen molar-refractivity contribution < 1.29 is 9.84 Å². The molecule has 2 nitrogen and oxygen atoms in total. The lowest BCUT2D eigenvalue weighted by Crippen LogP contribution is -2.10. The maximum Gasteiger partial charge on any atom is 0.134 e. The second kappa shape index (κ2) is 7.79. The van der Waals surface area contributed by atoms with Gasteiger partial charge in [-0.1, -0.05) is 44.6 Å². The van der Waals surface area contributed by atoms with Crippen molar-refractivity contribution in [3.63, 3.8) is 0 Å². The molecule has 2 heteroatoms. The van der Waals surface area contributed by atoms with E-state index in [1.807, 2.05) is 25.1 Å². The first-order valence-electron chi connectivity index (χ1n) is 6.54. The van der Waals surface area contributed by atoms with Gasteiger partial charge in [-0.2, -0.15) is 0 Å². The minimum Gasteiger partial charge on any atom is -0.492 e. The molecule has 0 saturated carbocycles. The van der Waals surface area contributed by atoms with Crippen molar-refractivity contribution in [2.24, 2.45) is 5.92 Å². The highest BCUT2D eigenvalue weighted by atomic mass is 16.5. The number of hydrogen-bond acceptors (Lipinski definition) is 2. The van der Waals surface area contributed by atoms with Crippen LogP contribution in [0.1, 0.15) is 37.8 Å². The van der Waals surface area contributed by atoms with Gasteiger partial charge in [0.05, 0.1) is 12.2 Å². The van der Waals surface area contributed by atoms with Gasteiger partial charge >= 0.3 is 0 Å². The Morgan fingerprint density at radius 2 is 2.00 bits per heavy atom. The van der Waals surface area contributed by atoms with E-state index in [4.69, 9.17) is 9.84 Å². The molecule has 0 aliphatic carbocycles. The molecule has 0 amide bonds. The molecule has 0 aromatic heterocycles. The smallest absolute Gasteiger partial charge is 0.134 e. The molecule has 0 bridgehead atoms. The van der Waals surface area contributed by atoms with Gasteiger partial charge in [0.2, 0.25) is 0 Å². The van der Waals surface area contributed by atoms with E-state index in [0.29, 0.717) is 5.92 Å². The summed E-state index contributed by atoms with van der Waals surface area (Å²) >= 11 is 0. The topological polar surface area (TPSA) is 29.5 Å². The van der Waals surface area contributed by atoms with Crippen LogP contribution in [-0.4, -0.2) is 18.3 Å². The van der Waals surface area contributed by atoms with Crippen LogP contribution >= 0.6 is 0 Å². The van der Waals surface area contributed by atoms with Gasteiger partial charge in [0.25, 0.3) is 0 Å². The van der Waals surface area contributed by atoms with E-state index in [1.165, 1.54) is 0 Å². The molecule has 18 heavy (non-hydrogen) atoms. The molecule has 0 aliphatic rings. The summed E-state index contributed by atoms with van der Waals surface area (Å²) in [5, 5.41) is 8.77. The van der Waals surface area contributed by atoms with Gasteiger partial charge < -0.3 is 9.84 Å². The Hall–Kier alpha value is -1.46. The minimum atomic E-state index is -0.125. The Morgan fingerprint density at radius 3 is 2.61 bits per heavy atom. The fourth-order valence-corrected chi connectivity index (χ4v) is 1.73. The average molecular weight is 246 g/mol. The molecule has 0 radical (unpaired) electrons. The van der Waals surface area contributed by atoms with Gasteiger partial charge in [0.15, 0.2) is 0 Å². The predicted octanol–water partition coefficient (Wildman–Crippen LogP) is 3.15. The van der Waals surface area contributed by atoms with E-state index in [9.17, 15) is 0 Å². The minimum absolute atomic E-state index is 0.125. The molecule has 0 saturated heterocycles. The van der Waals surface area contributed by atoms with E-state index in [-0.39, 0.29) is 6.61 Å². The Morgan fingerprint density at radius 1 is 1.28 bits per heavy atom. The maximum absolute atomic E-state index is 8.77. The van der Waals surface area contributed by atoms with Crippen molar-refractivity contribution in [3.8, 4) is 17.6 Å².